The molecule has 0 unspecified atom stereocenters. The van der Waals surface area contributed by atoms with E-state index in [1.165, 1.54) is 4.90 Å². The van der Waals surface area contributed by atoms with Crippen LogP contribution in [-0.4, -0.2) is 21.6 Å². The Labute approximate surface area is 193 Å². The number of anilines is 1. The number of para-hydroxylation sites is 2. The average Bonchev–Trinajstić information content (AvgIpc) is 3.53. The number of nitrogens with zero attached hydrogens (tertiary/aromatic N) is 2. The van der Waals surface area contributed by atoms with Crippen LogP contribution in [0.15, 0.2) is 88.5 Å². The predicted molar refractivity (Wildman–Crippen MR) is 127 cm³/mol. The van der Waals surface area contributed by atoms with Crippen molar-refractivity contribution in [3.8, 4) is 0 Å². The molecule has 0 spiro atoms. The molecule has 1 saturated heterocycles. The molecule has 0 radical (unpaired) electrons. The summed E-state index contributed by atoms with van der Waals surface area (Å²) in [4.78, 5) is 39.5. The van der Waals surface area contributed by atoms with Crippen molar-refractivity contribution < 1.29 is 18.8 Å². The topological polar surface area (TPSA) is 84.5 Å². The van der Waals surface area contributed by atoms with Crippen LogP contribution in [-0.2, 0) is 22.7 Å². The van der Waals surface area contributed by atoms with Gasteiger partial charge in [-0.15, -0.1) is 0 Å². The number of fused-ring (bicyclic) bond motifs is 1. The number of aromatic nitrogens is 1. The van der Waals surface area contributed by atoms with Gasteiger partial charge in [-0.1, -0.05) is 36.4 Å². The fourth-order valence-electron chi connectivity index (χ4n) is 3.74. The van der Waals surface area contributed by atoms with Crippen LogP contribution in [0.3, 0.4) is 0 Å². The van der Waals surface area contributed by atoms with Crippen LogP contribution < -0.4 is 10.2 Å². The summed E-state index contributed by atoms with van der Waals surface area (Å²) < 4.78 is 7.08. The first kappa shape index (κ1) is 20.8. The van der Waals surface area contributed by atoms with Gasteiger partial charge in [-0.2, -0.15) is 0 Å². The molecule has 0 atom stereocenters. The van der Waals surface area contributed by atoms with E-state index in [9.17, 15) is 14.4 Å². The lowest BCUT2D eigenvalue weighted by Crippen LogP contribution is -2.27. The molecule has 164 valence electrons. The Hall–Kier alpha value is -4.04. The smallest absolute Gasteiger partial charge is 0.298 e. The van der Waals surface area contributed by atoms with Crippen molar-refractivity contribution in [2.45, 2.75) is 13.1 Å². The lowest BCUT2D eigenvalue weighted by molar-refractivity contribution is -0.121. The number of amides is 3. The number of hydrogen-bond acceptors (Lipinski definition) is 5. The summed E-state index contributed by atoms with van der Waals surface area (Å²) in [6, 6.07) is 20.1. The minimum absolute atomic E-state index is 0.112. The zero-order valence-electron chi connectivity index (χ0n) is 17.4. The fourth-order valence-corrected chi connectivity index (χ4v) is 4.57. The molecule has 0 bridgehead atoms. The molecule has 2 aromatic carbocycles. The molecule has 33 heavy (non-hydrogen) atoms. The van der Waals surface area contributed by atoms with Crippen molar-refractivity contribution in [3.05, 3.63) is 95.4 Å². The van der Waals surface area contributed by atoms with Gasteiger partial charge in [0, 0.05) is 22.7 Å². The van der Waals surface area contributed by atoms with E-state index < -0.39 is 0 Å². The molecule has 3 amide bonds. The van der Waals surface area contributed by atoms with Crippen molar-refractivity contribution in [3.63, 3.8) is 0 Å². The Morgan fingerprint density at radius 3 is 2.58 bits per heavy atom. The van der Waals surface area contributed by atoms with Gasteiger partial charge in [-0.3, -0.25) is 14.4 Å². The quantitative estimate of drug-likeness (QED) is 0.421. The van der Waals surface area contributed by atoms with Crippen molar-refractivity contribution in [1.29, 1.82) is 0 Å². The minimum Gasteiger partial charge on any atom is -0.467 e. The van der Waals surface area contributed by atoms with Gasteiger partial charge >= 0.3 is 0 Å². The maximum Gasteiger partial charge on any atom is 0.298 e. The van der Waals surface area contributed by atoms with E-state index in [1.54, 1.807) is 48.7 Å². The van der Waals surface area contributed by atoms with E-state index in [4.69, 9.17) is 4.42 Å². The number of carbonyl (C=O) groups is 3. The Morgan fingerprint density at radius 1 is 1.00 bits per heavy atom. The largest absolute Gasteiger partial charge is 0.467 e. The number of benzene rings is 2. The zero-order valence-corrected chi connectivity index (χ0v) is 18.2. The third-order valence-electron chi connectivity index (χ3n) is 5.27. The van der Waals surface area contributed by atoms with Crippen molar-refractivity contribution in [2.24, 2.45) is 0 Å². The molecule has 3 heterocycles. The molecule has 8 heteroatoms. The summed E-state index contributed by atoms with van der Waals surface area (Å²) in [7, 11) is 0. The molecule has 0 saturated carbocycles. The molecule has 1 fully saturated rings. The maximum absolute atomic E-state index is 13.0. The summed E-state index contributed by atoms with van der Waals surface area (Å²) in [6.07, 6.45) is 5.10. The van der Waals surface area contributed by atoms with Gasteiger partial charge in [0.25, 0.3) is 11.1 Å². The van der Waals surface area contributed by atoms with Crippen LogP contribution in [0.2, 0.25) is 0 Å². The highest BCUT2D eigenvalue weighted by Crippen LogP contribution is 2.36. The van der Waals surface area contributed by atoms with E-state index in [1.807, 2.05) is 41.1 Å². The number of hydrogen-bond donors (Lipinski definition) is 1. The average molecular weight is 458 g/mol. The first-order valence-corrected chi connectivity index (χ1v) is 11.1. The lowest BCUT2D eigenvalue weighted by atomic mass is 10.1. The highest BCUT2D eigenvalue weighted by molar-refractivity contribution is 8.19. The van der Waals surface area contributed by atoms with Crippen LogP contribution in [0, 0.1) is 0 Å². The first-order valence-electron chi connectivity index (χ1n) is 10.3. The van der Waals surface area contributed by atoms with Gasteiger partial charge in [0.1, 0.15) is 12.3 Å². The molecule has 7 nitrogen and oxygen atoms in total. The third kappa shape index (κ3) is 4.20. The highest BCUT2D eigenvalue weighted by Gasteiger charge is 2.36. The predicted octanol–water partition coefficient (Wildman–Crippen LogP) is 4.79. The standard InChI is InChI=1S/C25H19N3O4S/c29-23(26-14-19-9-6-12-32-19)16-27-15-17(20-10-4-5-11-21(20)27)13-22-24(30)28(25(31)33-22)18-7-2-1-3-8-18/h1-13,15H,14,16H2,(H,26,29)/b22-13-. The van der Waals surface area contributed by atoms with Crippen molar-refractivity contribution >= 4 is 51.5 Å². The second-order valence-electron chi connectivity index (χ2n) is 7.44. The molecule has 4 aromatic rings. The van der Waals surface area contributed by atoms with Gasteiger partial charge in [0.15, 0.2) is 0 Å². The van der Waals surface area contributed by atoms with Crippen LogP contribution in [0.5, 0.6) is 0 Å². The van der Waals surface area contributed by atoms with Gasteiger partial charge in [-0.25, -0.2) is 4.90 Å². The molecule has 1 aliphatic rings. The molecular weight excluding hydrogens is 438 g/mol. The Bertz CT molecular complexity index is 1370. The summed E-state index contributed by atoms with van der Waals surface area (Å²) in [6.45, 7) is 0.422. The highest BCUT2D eigenvalue weighted by atomic mass is 32.2. The number of furan rings is 1. The van der Waals surface area contributed by atoms with E-state index in [2.05, 4.69) is 5.32 Å². The Morgan fingerprint density at radius 2 is 1.79 bits per heavy atom. The zero-order chi connectivity index (χ0) is 22.8. The maximum atomic E-state index is 13.0. The molecule has 2 aromatic heterocycles. The fraction of sp³-hybridized carbons (Fsp3) is 0.0800. The number of nitrogens with one attached hydrogen (secondary N) is 1. The number of carbonyl (C=O) groups excluding carboxylic acids is 3. The molecular formula is C25H19N3O4S. The monoisotopic (exact) mass is 457 g/mol. The van der Waals surface area contributed by atoms with Gasteiger partial charge in [-0.05, 0) is 48.2 Å². The second kappa shape index (κ2) is 8.84. The van der Waals surface area contributed by atoms with Crippen LogP contribution in [0.25, 0.3) is 17.0 Å². The van der Waals surface area contributed by atoms with Crippen LogP contribution in [0.1, 0.15) is 11.3 Å². The third-order valence-corrected chi connectivity index (χ3v) is 6.14. The molecule has 1 aliphatic heterocycles. The van der Waals surface area contributed by atoms with E-state index in [0.717, 1.165) is 28.2 Å². The van der Waals surface area contributed by atoms with Crippen LogP contribution >= 0.6 is 11.8 Å². The minimum atomic E-state index is -0.357. The summed E-state index contributed by atoms with van der Waals surface area (Å²) in [5, 5.41) is 3.40. The SMILES string of the molecule is O=C(Cn1cc(/C=C2\SC(=O)N(c3ccccc3)C2=O)c2ccccc21)NCc1ccco1. The Kier molecular flexibility index (Phi) is 5.58. The Balaban J connectivity index is 1.41. The van der Waals surface area contributed by atoms with Crippen LogP contribution in [0.4, 0.5) is 10.5 Å². The van der Waals surface area contributed by atoms with E-state index in [0.29, 0.717) is 22.9 Å². The summed E-state index contributed by atoms with van der Waals surface area (Å²) in [5.74, 6) is 0.155. The molecule has 1 N–H and O–H groups in total. The molecule has 5 rings (SSSR count). The molecule has 0 aliphatic carbocycles. The number of thioether (sulfide) groups is 1. The van der Waals surface area contributed by atoms with Crippen molar-refractivity contribution in [1.82, 2.24) is 9.88 Å². The van der Waals surface area contributed by atoms with Crippen molar-refractivity contribution in [2.75, 3.05) is 4.90 Å². The van der Waals surface area contributed by atoms with E-state index >= 15 is 0 Å². The first-order chi connectivity index (χ1) is 16.1. The number of rotatable bonds is 6. The normalized spacial score (nSPS) is 15.0. The second-order valence-corrected chi connectivity index (χ2v) is 8.43. The van der Waals surface area contributed by atoms with E-state index in [-0.39, 0.29) is 23.6 Å². The summed E-state index contributed by atoms with van der Waals surface area (Å²) >= 11 is 0.909. The lowest BCUT2D eigenvalue weighted by Gasteiger charge is -2.11. The number of imide groups is 1. The summed E-state index contributed by atoms with van der Waals surface area (Å²) in [5.41, 5.74) is 2.17. The van der Waals surface area contributed by atoms with Gasteiger partial charge in [0.2, 0.25) is 5.91 Å². The van der Waals surface area contributed by atoms with Gasteiger partial charge < -0.3 is 14.3 Å². The van der Waals surface area contributed by atoms with Gasteiger partial charge in [0.05, 0.1) is 23.4 Å².